The van der Waals surface area contributed by atoms with Crippen LogP contribution in [-0.2, 0) is 14.5 Å². The average Bonchev–Trinajstić information content (AvgIpc) is 2.01. The Morgan fingerprint density at radius 1 is 1.36 bits per heavy atom. The summed E-state index contributed by atoms with van der Waals surface area (Å²) in [5, 5.41) is 0. The predicted molar refractivity (Wildman–Crippen MR) is 56.0 cm³/mol. The van der Waals surface area contributed by atoms with E-state index >= 15 is 0 Å². The fraction of sp³-hybridized carbons (Fsp3) is 0.444. The molecule has 78 valence electrons. The maximum Gasteiger partial charge on any atom is 0.261 e. The molecule has 0 unspecified atom stereocenters. The minimum absolute atomic E-state index is 0.0964. The van der Waals surface area contributed by atoms with Crippen molar-refractivity contribution in [2.24, 2.45) is 0 Å². The van der Waals surface area contributed by atoms with Crippen LogP contribution in [0.1, 0.15) is 26.5 Å². The van der Waals surface area contributed by atoms with Gasteiger partial charge in [-0.05, 0) is 12.1 Å². The van der Waals surface area contributed by atoms with Crippen LogP contribution in [0.15, 0.2) is 23.2 Å². The molecule has 0 spiro atoms. The van der Waals surface area contributed by atoms with Crippen molar-refractivity contribution in [2.45, 2.75) is 31.1 Å². The van der Waals surface area contributed by atoms with Gasteiger partial charge in [0.15, 0.2) is 0 Å². The Kier molecular flexibility index (Phi) is 2.88. The third kappa shape index (κ3) is 2.69. The molecule has 0 N–H and O–H groups in total. The van der Waals surface area contributed by atoms with Crippen molar-refractivity contribution >= 4 is 19.7 Å². The SMILES string of the molecule is CC(C)(C)c1cc(S(=O)(=O)Cl)ccn1. The first-order chi connectivity index (χ1) is 6.21. The summed E-state index contributed by atoms with van der Waals surface area (Å²) < 4.78 is 22.1. The van der Waals surface area contributed by atoms with E-state index in [4.69, 9.17) is 10.7 Å². The van der Waals surface area contributed by atoms with Crippen molar-refractivity contribution in [1.29, 1.82) is 0 Å². The molecule has 0 aromatic carbocycles. The van der Waals surface area contributed by atoms with Crippen molar-refractivity contribution in [3.05, 3.63) is 24.0 Å². The van der Waals surface area contributed by atoms with Crippen LogP contribution in [0.4, 0.5) is 0 Å². The maximum absolute atomic E-state index is 11.0. The number of hydrogen-bond acceptors (Lipinski definition) is 3. The molecule has 0 aliphatic rings. The lowest BCUT2D eigenvalue weighted by molar-refractivity contribution is 0.565. The van der Waals surface area contributed by atoms with Gasteiger partial charge in [0.05, 0.1) is 4.90 Å². The Balaban J connectivity index is 3.29. The Labute approximate surface area is 88.5 Å². The second-order valence-corrected chi connectivity index (χ2v) is 6.63. The molecule has 0 aliphatic carbocycles. The van der Waals surface area contributed by atoms with Crippen LogP contribution in [0.2, 0.25) is 0 Å². The minimum Gasteiger partial charge on any atom is -0.261 e. The fourth-order valence-electron chi connectivity index (χ4n) is 0.973. The number of nitrogens with zero attached hydrogens (tertiary/aromatic N) is 1. The van der Waals surface area contributed by atoms with Gasteiger partial charge in [0.1, 0.15) is 0 Å². The first-order valence-electron chi connectivity index (χ1n) is 4.12. The van der Waals surface area contributed by atoms with Crippen LogP contribution in [0, 0.1) is 0 Å². The summed E-state index contributed by atoms with van der Waals surface area (Å²) in [6.45, 7) is 5.87. The van der Waals surface area contributed by atoms with Gasteiger partial charge in [0, 0.05) is 28.0 Å². The van der Waals surface area contributed by atoms with Gasteiger partial charge in [0.2, 0.25) is 0 Å². The molecule has 0 aliphatic heterocycles. The smallest absolute Gasteiger partial charge is 0.261 e. The second-order valence-electron chi connectivity index (χ2n) is 4.06. The number of hydrogen-bond donors (Lipinski definition) is 0. The van der Waals surface area contributed by atoms with Crippen molar-refractivity contribution in [3.8, 4) is 0 Å². The van der Waals surface area contributed by atoms with Crippen LogP contribution < -0.4 is 0 Å². The summed E-state index contributed by atoms with van der Waals surface area (Å²) in [6, 6.07) is 2.89. The molecule has 1 aromatic heterocycles. The lowest BCUT2D eigenvalue weighted by Gasteiger charge is -2.17. The molecule has 5 heteroatoms. The first kappa shape index (κ1) is 11.5. The van der Waals surface area contributed by atoms with E-state index in [9.17, 15) is 8.42 Å². The highest BCUT2D eigenvalue weighted by atomic mass is 35.7. The fourth-order valence-corrected chi connectivity index (χ4v) is 1.74. The molecule has 0 saturated heterocycles. The molecule has 0 amide bonds. The summed E-state index contributed by atoms with van der Waals surface area (Å²) in [5.41, 5.74) is 0.525. The zero-order valence-corrected chi connectivity index (χ0v) is 9.85. The normalized spacial score (nSPS) is 12.9. The zero-order chi connectivity index (χ0) is 11.0. The van der Waals surface area contributed by atoms with Crippen LogP contribution in [0.3, 0.4) is 0 Å². The number of aromatic nitrogens is 1. The number of pyridine rings is 1. The molecule has 0 saturated carbocycles. The molecule has 3 nitrogen and oxygen atoms in total. The highest BCUT2D eigenvalue weighted by Crippen LogP contribution is 2.23. The van der Waals surface area contributed by atoms with Gasteiger partial charge in [-0.3, -0.25) is 4.98 Å². The number of rotatable bonds is 1. The van der Waals surface area contributed by atoms with Crippen molar-refractivity contribution in [3.63, 3.8) is 0 Å². The molecule has 0 radical (unpaired) electrons. The minimum atomic E-state index is -3.65. The van der Waals surface area contributed by atoms with Gasteiger partial charge < -0.3 is 0 Å². The highest BCUT2D eigenvalue weighted by Gasteiger charge is 2.18. The van der Waals surface area contributed by atoms with E-state index in [2.05, 4.69) is 4.98 Å². The predicted octanol–water partition coefficient (Wildman–Crippen LogP) is 2.31. The van der Waals surface area contributed by atoms with Gasteiger partial charge in [0.25, 0.3) is 9.05 Å². The van der Waals surface area contributed by atoms with E-state index in [1.807, 2.05) is 20.8 Å². The average molecular weight is 234 g/mol. The molecule has 0 atom stereocenters. The Morgan fingerprint density at radius 3 is 2.36 bits per heavy atom. The second kappa shape index (κ2) is 3.51. The monoisotopic (exact) mass is 233 g/mol. The number of halogens is 1. The molecular weight excluding hydrogens is 222 g/mol. The van der Waals surface area contributed by atoms with Crippen LogP contribution in [0.5, 0.6) is 0 Å². The van der Waals surface area contributed by atoms with Crippen molar-refractivity contribution in [2.75, 3.05) is 0 Å². The van der Waals surface area contributed by atoms with Crippen LogP contribution in [0.25, 0.3) is 0 Å². The summed E-state index contributed by atoms with van der Waals surface area (Å²) in [5.74, 6) is 0. The molecule has 0 fully saturated rings. The molecular formula is C9H12ClNO2S. The lowest BCUT2D eigenvalue weighted by atomic mass is 9.92. The molecule has 1 heterocycles. The third-order valence-electron chi connectivity index (χ3n) is 1.78. The summed E-state index contributed by atoms with van der Waals surface area (Å²) >= 11 is 0. The Morgan fingerprint density at radius 2 is 1.93 bits per heavy atom. The van der Waals surface area contributed by atoms with Gasteiger partial charge in [-0.2, -0.15) is 0 Å². The standard InChI is InChI=1S/C9H12ClNO2S/c1-9(2,3)8-6-7(4-5-11-8)14(10,12)13/h4-6H,1-3H3. The Hall–Kier alpha value is -0.610. The third-order valence-corrected chi connectivity index (χ3v) is 3.13. The Bertz CT molecular complexity index is 434. The van der Waals surface area contributed by atoms with E-state index in [1.165, 1.54) is 18.3 Å². The summed E-state index contributed by atoms with van der Waals surface area (Å²) in [7, 11) is 1.57. The summed E-state index contributed by atoms with van der Waals surface area (Å²) in [4.78, 5) is 4.20. The summed E-state index contributed by atoms with van der Waals surface area (Å²) in [6.07, 6.45) is 1.45. The lowest BCUT2D eigenvalue weighted by Crippen LogP contribution is -2.13. The van der Waals surface area contributed by atoms with Gasteiger partial charge in [-0.1, -0.05) is 20.8 Å². The molecule has 1 rings (SSSR count). The van der Waals surface area contributed by atoms with E-state index in [-0.39, 0.29) is 10.3 Å². The van der Waals surface area contributed by atoms with Gasteiger partial charge in [-0.25, -0.2) is 8.42 Å². The van der Waals surface area contributed by atoms with E-state index in [1.54, 1.807) is 0 Å². The van der Waals surface area contributed by atoms with Gasteiger partial charge >= 0.3 is 0 Å². The molecule has 0 bridgehead atoms. The van der Waals surface area contributed by atoms with Gasteiger partial charge in [-0.15, -0.1) is 0 Å². The van der Waals surface area contributed by atoms with Crippen LogP contribution >= 0.6 is 10.7 Å². The van der Waals surface area contributed by atoms with E-state index < -0.39 is 9.05 Å². The quantitative estimate of drug-likeness (QED) is 0.700. The van der Waals surface area contributed by atoms with Crippen LogP contribution in [-0.4, -0.2) is 13.4 Å². The molecule has 14 heavy (non-hydrogen) atoms. The first-order valence-corrected chi connectivity index (χ1v) is 6.43. The van der Waals surface area contributed by atoms with Crippen molar-refractivity contribution in [1.82, 2.24) is 4.98 Å². The van der Waals surface area contributed by atoms with E-state index in [0.29, 0.717) is 5.69 Å². The van der Waals surface area contributed by atoms with E-state index in [0.717, 1.165) is 0 Å². The highest BCUT2D eigenvalue weighted by molar-refractivity contribution is 8.13. The topological polar surface area (TPSA) is 47.0 Å². The largest absolute Gasteiger partial charge is 0.261 e. The zero-order valence-electron chi connectivity index (χ0n) is 8.28. The maximum atomic E-state index is 11.0. The molecule has 1 aromatic rings. The van der Waals surface area contributed by atoms with Crippen molar-refractivity contribution < 1.29 is 8.42 Å².